The Balaban J connectivity index is 1.97. The Hall–Kier alpha value is -2.16. The topological polar surface area (TPSA) is 42.0 Å². The van der Waals surface area contributed by atoms with Crippen LogP contribution in [0, 0.1) is 6.92 Å². The fourth-order valence-electron chi connectivity index (χ4n) is 2.26. The van der Waals surface area contributed by atoms with Crippen molar-refractivity contribution < 1.29 is 4.79 Å². The van der Waals surface area contributed by atoms with Gasteiger partial charge in [0.2, 0.25) is 0 Å². The number of aryl methyl sites for hydroxylation is 2. The van der Waals surface area contributed by atoms with Crippen molar-refractivity contribution in [3.8, 4) is 0 Å². The highest BCUT2D eigenvalue weighted by atomic mass is 16.1. The Morgan fingerprint density at radius 2 is 1.90 bits per heavy atom. The second-order valence-electron chi connectivity index (χ2n) is 5.24. The van der Waals surface area contributed by atoms with Gasteiger partial charge in [-0.05, 0) is 49.6 Å². The lowest BCUT2D eigenvalue weighted by Gasteiger charge is -2.08. The molecular weight excluding hydrogens is 260 g/mol. The molecule has 0 aliphatic rings. The molecule has 1 aromatic heterocycles. The first kappa shape index (κ1) is 15.2. The number of unbranched alkanes of at least 4 members (excludes halogenated alkanes) is 2. The fraction of sp³-hybridized carbons (Fsp3) is 0.333. The number of nitrogens with zero attached hydrogens (tertiary/aromatic N) is 1. The molecule has 0 unspecified atom stereocenters. The van der Waals surface area contributed by atoms with Gasteiger partial charge in [-0.1, -0.05) is 31.9 Å². The predicted molar refractivity (Wildman–Crippen MR) is 86.6 cm³/mol. The van der Waals surface area contributed by atoms with Crippen molar-refractivity contribution in [2.75, 3.05) is 5.32 Å². The van der Waals surface area contributed by atoms with Gasteiger partial charge in [0.25, 0.3) is 5.91 Å². The van der Waals surface area contributed by atoms with E-state index in [0.717, 1.165) is 17.8 Å². The predicted octanol–water partition coefficient (Wildman–Crippen LogP) is 4.38. The Bertz CT molecular complexity index is 590. The molecule has 1 heterocycles. The Morgan fingerprint density at radius 3 is 2.57 bits per heavy atom. The zero-order chi connectivity index (χ0) is 15.1. The van der Waals surface area contributed by atoms with E-state index in [2.05, 4.69) is 29.4 Å². The Kier molecular flexibility index (Phi) is 5.50. The number of hydrogen-bond acceptors (Lipinski definition) is 2. The summed E-state index contributed by atoms with van der Waals surface area (Å²) in [6.07, 6.45) is 6.51. The van der Waals surface area contributed by atoms with Crippen molar-refractivity contribution in [2.24, 2.45) is 0 Å². The first-order chi connectivity index (χ1) is 10.2. The third-order valence-corrected chi connectivity index (χ3v) is 3.53. The maximum atomic E-state index is 12.2. The molecule has 3 heteroatoms. The van der Waals surface area contributed by atoms with E-state index in [-0.39, 0.29) is 5.91 Å². The minimum atomic E-state index is -0.112. The van der Waals surface area contributed by atoms with Crippen molar-refractivity contribution in [3.63, 3.8) is 0 Å². The van der Waals surface area contributed by atoms with E-state index >= 15 is 0 Å². The quantitative estimate of drug-likeness (QED) is 0.799. The van der Waals surface area contributed by atoms with Gasteiger partial charge in [-0.15, -0.1) is 0 Å². The molecule has 0 aliphatic heterocycles. The summed E-state index contributed by atoms with van der Waals surface area (Å²) in [4.78, 5) is 16.3. The molecule has 0 saturated carbocycles. The van der Waals surface area contributed by atoms with Gasteiger partial charge in [0.05, 0.1) is 5.56 Å². The molecule has 3 nitrogen and oxygen atoms in total. The molecule has 1 amide bonds. The third-order valence-electron chi connectivity index (χ3n) is 3.53. The molecule has 2 rings (SSSR count). The Morgan fingerprint density at radius 1 is 1.14 bits per heavy atom. The number of rotatable bonds is 6. The van der Waals surface area contributed by atoms with Gasteiger partial charge in [0.15, 0.2) is 0 Å². The number of amides is 1. The van der Waals surface area contributed by atoms with Crippen molar-refractivity contribution in [3.05, 3.63) is 59.4 Å². The zero-order valence-corrected chi connectivity index (χ0v) is 12.7. The number of pyridine rings is 1. The molecule has 0 fully saturated rings. The number of hydrogen-bond donors (Lipinski definition) is 1. The first-order valence-electron chi connectivity index (χ1n) is 7.52. The highest BCUT2D eigenvalue weighted by Crippen LogP contribution is 2.14. The van der Waals surface area contributed by atoms with Crippen LogP contribution in [-0.2, 0) is 6.42 Å². The third kappa shape index (κ3) is 4.42. The van der Waals surface area contributed by atoms with Crippen molar-refractivity contribution in [2.45, 2.75) is 39.5 Å². The smallest absolute Gasteiger partial charge is 0.257 e. The van der Waals surface area contributed by atoms with E-state index in [1.807, 2.05) is 19.1 Å². The van der Waals surface area contributed by atoms with Crippen LogP contribution in [0.15, 0.2) is 42.6 Å². The first-order valence-corrected chi connectivity index (χ1v) is 7.52. The fourth-order valence-corrected chi connectivity index (χ4v) is 2.26. The molecule has 0 bridgehead atoms. The summed E-state index contributed by atoms with van der Waals surface area (Å²) in [6, 6.07) is 11.7. The summed E-state index contributed by atoms with van der Waals surface area (Å²) in [7, 11) is 0. The molecule has 0 spiro atoms. The summed E-state index contributed by atoms with van der Waals surface area (Å²) in [5, 5.41) is 2.91. The SMILES string of the molecule is CCCCCc1ccc(NC(=O)c2cccnc2C)cc1. The molecule has 0 aliphatic carbocycles. The van der Waals surface area contributed by atoms with Gasteiger partial charge in [0, 0.05) is 17.6 Å². The highest BCUT2D eigenvalue weighted by molar-refractivity contribution is 6.04. The lowest BCUT2D eigenvalue weighted by atomic mass is 10.1. The zero-order valence-electron chi connectivity index (χ0n) is 12.7. The summed E-state index contributed by atoms with van der Waals surface area (Å²) in [6.45, 7) is 4.05. The maximum Gasteiger partial charge on any atom is 0.257 e. The summed E-state index contributed by atoms with van der Waals surface area (Å²) < 4.78 is 0. The second kappa shape index (κ2) is 7.58. The largest absolute Gasteiger partial charge is 0.322 e. The van der Waals surface area contributed by atoms with Crippen molar-refractivity contribution >= 4 is 11.6 Å². The van der Waals surface area contributed by atoms with E-state index in [1.165, 1.54) is 24.8 Å². The molecule has 1 aromatic carbocycles. The number of benzene rings is 1. The lowest BCUT2D eigenvalue weighted by Crippen LogP contribution is -2.13. The van der Waals surface area contributed by atoms with Crippen molar-refractivity contribution in [1.82, 2.24) is 4.98 Å². The molecule has 2 aromatic rings. The Labute approximate surface area is 126 Å². The summed E-state index contributed by atoms with van der Waals surface area (Å²) >= 11 is 0. The standard InChI is InChI=1S/C18H22N2O/c1-3-4-5-7-15-9-11-16(12-10-15)20-18(21)17-8-6-13-19-14(17)2/h6,8-13H,3-5,7H2,1-2H3,(H,20,21). The molecular formula is C18H22N2O. The van der Waals surface area contributed by atoms with E-state index in [4.69, 9.17) is 0 Å². The van der Waals surface area contributed by atoms with E-state index < -0.39 is 0 Å². The van der Waals surface area contributed by atoms with Gasteiger partial charge in [-0.2, -0.15) is 0 Å². The van der Waals surface area contributed by atoms with Gasteiger partial charge in [-0.25, -0.2) is 0 Å². The minimum absolute atomic E-state index is 0.112. The van der Waals surface area contributed by atoms with Crippen LogP contribution in [-0.4, -0.2) is 10.9 Å². The second-order valence-corrected chi connectivity index (χ2v) is 5.24. The van der Waals surface area contributed by atoms with E-state index in [9.17, 15) is 4.79 Å². The van der Waals surface area contributed by atoms with Crippen LogP contribution in [0.2, 0.25) is 0 Å². The number of anilines is 1. The lowest BCUT2D eigenvalue weighted by molar-refractivity contribution is 0.102. The number of nitrogens with one attached hydrogen (secondary N) is 1. The van der Waals surface area contributed by atoms with Crippen LogP contribution in [0.4, 0.5) is 5.69 Å². The molecule has 0 atom stereocenters. The molecule has 1 N–H and O–H groups in total. The van der Waals surface area contributed by atoms with Crippen LogP contribution >= 0.6 is 0 Å². The van der Waals surface area contributed by atoms with Crippen LogP contribution in [0.3, 0.4) is 0 Å². The highest BCUT2D eigenvalue weighted by Gasteiger charge is 2.09. The van der Waals surface area contributed by atoms with E-state index in [1.54, 1.807) is 18.3 Å². The van der Waals surface area contributed by atoms with Crippen LogP contribution in [0.25, 0.3) is 0 Å². The van der Waals surface area contributed by atoms with E-state index in [0.29, 0.717) is 5.56 Å². The van der Waals surface area contributed by atoms with Gasteiger partial charge in [-0.3, -0.25) is 9.78 Å². The molecule has 21 heavy (non-hydrogen) atoms. The van der Waals surface area contributed by atoms with Crippen LogP contribution in [0.5, 0.6) is 0 Å². The average molecular weight is 282 g/mol. The maximum absolute atomic E-state index is 12.2. The van der Waals surface area contributed by atoms with Gasteiger partial charge in [0.1, 0.15) is 0 Å². The van der Waals surface area contributed by atoms with Gasteiger partial charge < -0.3 is 5.32 Å². The summed E-state index contributed by atoms with van der Waals surface area (Å²) in [5.74, 6) is -0.112. The van der Waals surface area contributed by atoms with Crippen molar-refractivity contribution in [1.29, 1.82) is 0 Å². The average Bonchev–Trinajstić information content (AvgIpc) is 2.49. The molecule has 110 valence electrons. The van der Waals surface area contributed by atoms with Crippen LogP contribution < -0.4 is 5.32 Å². The normalized spacial score (nSPS) is 10.4. The summed E-state index contributed by atoms with van der Waals surface area (Å²) in [5.41, 5.74) is 3.50. The van der Waals surface area contributed by atoms with Crippen LogP contribution in [0.1, 0.15) is 47.8 Å². The monoisotopic (exact) mass is 282 g/mol. The number of carbonyl (C=O) groups is 1. The minimum Gasteiger partial charge on any atom is -0.322 e. The van der Waals surface area contributed by atoms with Gasteiger partial charge >= 0.3 is 0 Å². The molecule has 0 radical (unpaired) electrons. The number of aromatic nitrogens is 1. The molecule has 0 saturated heterocycles. The number of carbonyl (C=O) groups excluding carboxylic acids is 1.